The molecule has 5 heteroatoms. The van der Waals surface area contributed by atoms with Gasteiger partial charge in [0.2, 0.25) is 10.0 Å². The van der Waals surface area contributed by atoms with Crippen LogP contribution in [0.5, 0.6) is 0 Å². The van der Waals surface area contributed by atoms with Gasteiger partial charge in [-0.1, -0.05) is 32.9 Å². The highest BCUT2D eigenvalue weighted by atomic mass is 32.2. The molecule has 1 rings (SSSR count). The zero-order valence-electron chi connectivity index (χ0n) is 12.1. The van der Waals surface area contributed by atoms with Crippen LogP contribution in [0.2, 0.25) is 0 Å². The zero-order valence-corrected chi connectivity index (χ0v) is 12.9. The molecule has 0 fully saturated rings. The van der Waals surface area contributed by atoms with Crippen LogP contribution in [0.15, 0.2) is 29.2 Å². The molecule has 1 aromatic carbocycles. The molecule has 0 bridgehead atoms. The molecule has 0 aliphatic carbocycles. The predicted molar refractivity (Wildman–Crippen MR) is 78.3 cm³/mol. The summed E-state index contributed by atoms with van der Waals surface area (Å²) >= 11 is 0. The fourth-order valence-corrected chi connectivity index (χ4v) is 2.63. The van der Waals surface area contributed by atoms with Crippen molar-refractivity contribution >= 4 is 10.0 Å². The lowest BCUT2D eigenvalue weighted by Gasteiger charge is -2.18. The van der Waals surface area contributed by atoms with Crippen molar-refractivity contribution in [3.63, 3.8) is 0 Å². The molecule has 0 radical (unpaired) electrons. The summed E-state index contributed by atoms with van der Waals surface area (Å²) in [5.41, 5.74) is 6.77. The van der Waals surface area contributed by atoms with Crippen molar-refractivity contribution in [1.29, 1.82) is 0 Å². The minimum absolute atomic E-state index is 0.0920. The van der Waals surface area contributed by atoms with Crippen molar-refractivity contribution in [3.05, 3.63) is 29.8 Å². The van der Waals surface area contributed by atoms with Crippen LogP contribution < -0.4 is 10.5 Å². The highest BCUT2D eigenvalue weighted by Gasteiger charge is 2.16. The molecule has 0 aliphatic rings. The summed E-state index contributed by atoms with van der Waals surface area (Å²) in [6, 6.07) is 6.60. The number of rotatable bonds is 5. The van der Waals surface area contributed by atoms with Crippen molar-refractivity contribution in [2.75, 3.05) is 6.54 Å². The second-order valence-electron chi connectivity index (χ2n) is 6.07. The van der Waals surface area contributed by atoms with Crippen molar-refractivity contribution in [3.8, 4) is 0 Å². The Labute approximate surface area is 116 Å². The van der Waals surface area contributed by atoms with Gasteiger partial charge >= 0.3 is 0 Å². The lowest BCUT2D eigenvalue weighted by Crippen LogP contribution is -2.27. The summed E-state index contributed by atoms with van der Waals surface area (Å²) in [5.74, 6) is 0. The van der Waals surface area contributed by atoms with Crippen molar-refractivity contribution in [1.82, 2.24) is 4.72 Å². The van der Waals surface area contributed by atoms with E-state index in [1.54, 1.807) is 24.3 Å². The van der Waals surface area contributed by atoms with E-state index in [2.05, 4.69) is 25.5 Å². The normalized spacial score (nSPS) is 14.4. The SMILES string of the molecule is CC(N)c1ccc(S(=O)(=O)NCCC(C)(C)C)cc1. The maximum Gasteiger partial charge on any atom is 0.240 e. The van der Waals surface area contributed by atoms with Crippen molar-refractivity contribution in [2.24, 2.45) is 11.1 Å². The average Bonchev–Trinajstić information content (AvgIpc) is 2.27. The molecular weight excluding hydrogens is 260 g/mol. The summed E-state index contributed by atoms with van der Waals surface area (Å²) in [6.45, 7) is 8.56. The lowest BCUT2D eigenvalue weighted by molar-refractivity contribution is 0.378. The average molecular weight is 284 g/mol. The van der Waals surface area contributed by atoms with E-state index >= 15 is 0 Å². The van der Waals surface area contributed by atoms with Crippen LogP contribution in [0.25, 0.3) is 0 Å². The van der Waals surface area contributed by atoms with E-state index in [1.165, 1.54) is 0 Å². The van der Waals surface area contributed by atoms with E-state index in [0.29, 0.717) is 6.54 Å². The van der Waals surface area contributed by atoms with Crippen LogP contribution in [0.3, 0.4) is 0 Å². The first-order valence-corrected chi connectivity index (χ1v) is 7.95. The highest BCUT2D eigenvalue weighted by Crippen LogP contribution is 2.18. The molecule has 0 saturated carbocycles. The number of nitrogens with one attached hydrogen (secondary N) is 1. The molecule has 0 aromatic heterocycles. The second kappa shape index (κ2) is 6.03. The predicted octanol–water partition coefficient (Wildman–Crippen LogP) is 2.42. The molecule has 19 heavy (non-hydrogen) atoms. The van der Waals surface area contributed by atoms with Crippen LogP contribution in [0.4, 0.5) is 0 Å². The van der Waals surface area contributed by atoms with E-state index in [-0.39, 0.29) is 16.4 Å². The van der Waals surface area contributed by atoms with E-state index in [1.807, 2.05) is 6.92 Å². The summed E-state index contributed by atoms with van der Waals surface area (Å²) in [4.78, 5) is 0.283. The van der Waals surface area contributed by atoms with E-state index < -0.39 is 10.0 Å². The maximum absolute atomic E-state index is 12.1. The summed E-state index contributed by atoms with van der Waals surface area (Å²) in [7, 11) is -3.42. The molecule has 4 nitrogen and oxygen atoms in total. The quantitative estimate of drug-likeness (QED) is 0.872. The number of benzene rings is 1. The van der Waals surface area contributed by atoms with Crippen molar-refractivity contribution in [2.45, 2.75) is 45.1 Å². The molecule has 1 atom stereocenters. The first-order valence-electron chi connectivity index (χ1n) is 6.47. The molecule has 0 spiro atoms. The molecule has 0 heterocycles. The van der Waals surface area contributed by atoms with Gasteiger partial charge in [0, 0.05) is 12.6 Å². The molecule has 0 aliphatic heterocycles. The first kappa shape index (κ1) is 16.1. The van der Waals surface area contributed by atoms with Gasteiger partial charge in [0.25, 0.3) is 0 Å². The second-order valence-corrected chi connectivity index (χ2v) is 7.83. The number of nitrogens with two attached hydrogens (primary N) is 1. The third-order valence-corrected chi connectivity index (χ3v) is 4.36. The minimum Gasteiger partial charge on any atom is -0.324 e. The first-order chi connectivity index (χ1) is 8.62. The third kappa shape index (κ3) is 5.30. The zero-order chi connectivity index (χ0) is 14.7. The summed E-state index contributed by atoms with van der Waals surface area (Å²) < 4.78 is 26.7. The standard InChI is InChI=1S/C14H24N2O2S/c1-11(15)12-5-7-13(8-6-12)19(17,18)16-10-9-14(2,3)4/h5-8,11,16H,9-10,15H2,1-4H3. The van der Waals surface area contributed by atoms with Gasteiger partial charge in [-0.2, -0.15) is 0 Å². The van der Waals surface area contributed by atoms with E-state index in [9.17, 15) is 8.42 Å². The molecule has 108 valence electrons. The molecule has 3 N–H and O–H groups in total. The molecular formula is C14H24N2O2S. The molecule has 0 amide bonds. The Hall–Kier alpha value is -0.910. The van der Waals surface area contributed by atoms with Gasteiger partial charge in [-0.15, -0.1) is 0 Å². The smallest absolute Gasteiger partial charge is 0.240 e. The van der Waals surface area contributed by atoms with Crippen LogP contribution >= 0.6 is 0 Å². The topological polar surface area (TPSA) is 72.2 Å². The van der Waals surface area contributed by atoms with Gasteiger partial charge in [0.05, 0.1) is 4.90 Å². The Morgan fingerprint density at radius 1 is 1.21 bits per heavy atom. The van der Waals surface area contributed by atoms with Crippen LogP contribution in [-0.4, -0.2) is 15.0 Å². The van der Waals surface area contributed by atoms with Crippen LogP contribution in [0.1, 0.15) is 45.7 Å². The number of sulfonamides is 1. The summed E-state index contributed by atoms with van der Waals surface area (Å²) in [5, 5.41) is 0. The monoisotopic (exact) mass is 284 g/mol. The third-order valence-electron chi connectivity index (χ3n) is 2.88. The number of hydrogen-bond donors (Lipinski definition) is 2. The van der Waals surface area contributed by atoms with Crippen molar-refractivity contribution < 1.29 is 8.42 Å². The van der Waals surface area contributed by atoms with Gasteiger partial charge in [-0.3, -0.25) is 0 Å². The van der Waals surface area contributed by atoms with E-state index in [0.717, 1.165) is 12.0 Å². The fourth-order valence-electron chi connectivity index (χ4n) is 1.59. The Morgan fingerprint density at radius 2 is 1.74 bits per heavy atom. The van der Waals surface area contributed by atoms with Gasteiger partial charge in [0.1, 0.15) is 0 Å². The summed E-state index contributed by atoms with van der Waals surface area (Å²) in [6.07, 6.45) is 0.796. The maximum atomic E-state index is 12.1. The Morgan fingerprint density at radius 3 is 2.16 bits per heavy atom. The Kier molecular flexibility index (Phi) is 5.12. The molecule has 0 saturated heterocycles. The molecule has 1 aromatic rings. The van der Waals surface area contributed by atoms with Crippen LogP contribution in [-0.2, 0) is 10.0 Å². The fraction of sp³-hybridized carbons (Fsp3) is 0.571. The lowest BCUT2D eigenvalue weighted by atomic mass is 9.93. The Bertz CT molecular complexity index is 499. The van der Waals surface area contributed by atoms with Gasteiger partial charge in [-0.05, 0) is 36.5 Å². The van der Waals surface area contributed by atoms with Gasteiger partial charge in [-0.25, -0.2) is 13.1 Å². The number of hydrogen-bond acceptors (Lipinski definition) is 3. The Balaban J connectivity index is 2.72. The van der Waals surface area contributed by atoms with Gasteiger partial charge in [0.15, 0.2) is 0 Å². The largest absolute Gasteiger partial charge is 0.324 e. The highest BCUT2D eigenvalue weighted by molar-refractivity contribution is 7.89. The van der Waals surface area contributed by atoms with Gasteiger partial charge < -0.3 is 5.73 Å². The molecule has 1 unspecified atom stereocenters. The minimum atomic E-state index is -3.42. The van der Waals surface area contributed by atoms with E-state index in [4.69, 9.17) is 5.73 Å². The van der Waals surface area contributed by atoms with Crippen LogP contribution in [0, 0.1) is 5.41 Å².